The predicted octanol–water partition coefficient (Wildman–Crippen LogP) is 2.86. The lowest BCUT2D eigenvalue weighted by Crippen LogP contribution is -2.45. The maximum Gasteiger partial charge on any atom is 0.225 e. The van der Waals surface area contributed by atoms with Gasteiger partial charge in [-0.3, -0.25) is 4.90 Å². The zero-order chi connectivity index (χ0) is 16.2. The summed E-state index contributed by atoms with van der Waals surface area (Å²) >= 11 is 0. The lowest BCUT2D eigenvalue weighted by molar-refractivity contribution is 0.00993. The van der Waals surface area contributed by atoms with Gasteiger partial charge in [-0.15, -0.1) is 0 Å². The zero-order valence-electron chi connectivity index (χ0n) is 14.7. The van der Waals surface area contributed by atoms with Crippen LogP contribution in [0, 0.1) is 5.92 Å². The van der Waals surface area contributed by atoms with Crippen LogP contribution >= 0.6 is 0 Å². The van der Waals surface area contributed by atoms with Gasteiger partial charge in [0.1, 0.15) is 0 Å². The first kappa shape index (κ1) is 16.3. The summed E-state index contributed by atoms with van der Waals surface area (Å²) in [6, 6.07) is 0.723. The Labute approximate surface area is 145 Å². The molecule has 3 aliphatic rings. The van der Waals surface area contributed by atoms with Gasteiger partial charge in [-0.1, -0.05) is 6.42 Å². The van der Waals surface area contributed by atoms with Crippen molar-refractivity contribution in [3.05, 3.63) is 18.0 Å². The summed E-state index contributed by atoms with van der Waals surface area (Å²) in [5.41, 5.74) is 1.26. The Morgan fingerprint density at radius 3 is 2.38 bits per heavy atom. The van der Waals surface area contributed by atoms with Gasteiger partial charge in [0, 0.05) is 56.8 Å². The molecule has 0 N–H and O–H groups in total. The van der Waals surface area contributed by atoms with Crippen molar-refractivity contribution in [2.75, 3.05) is 37.7 Å². The second-order valence-electron chi connectivity index (χ2n) is 7.57. The van der Waals surface area contributed by atoms with Crippen LogP contribution in [0.15, 0.2) is 12.4 Å². The zero-order valence-corrected chi connectivity index (χ0v) is 14.7. The van der Waals surface area contributed by atoms with Crippen LogP contribution in [-0.4, -0.2) is 53.8 Å². The minimum atomic E-state index is 0.723. The quantitative estimate of drug-likeness (QED) is 0.849. The van der Waals surface area contributed by atoms with E-state index in [1.165, 1.54) is 57.1 Å². The molecular formula is C19H30N4O. The third-order valence-electron chi connectivity index (χ3n) is 5.94. The van der Waals surface area contributed by atoms with Crippen molar-refractivity contribution >= 4 is 5.95 Å². The molecule has 132 valence electrons. The van der Waals surface area contributed by atoms with Gasteiger partial charge in [0.15, 0.2) is 0 Å². The van der Waals surface area contributed by atoms with Crippen molar-refractivity contribution in [1.82, 2.24) is 14.9 Å². The topological polar surface area (TPSA) is 41.5 Å². The lowest BCUT2D eigenvalue weighted by Gasteiger charge is -2.41. The van der Waals surface area contributed by atoms with Gasteiger partial charge in [-0.25, -0.2) is 9.97 Å². The highest BCUT2D eigenvalue weighted by molar-refractivity contribution is 5.31. The average Bonchev–Trinajstić information content (AvgIpc) is 3.18. The number of aromatic nitrogens is 2. The van der Waals surface area contributed by atoms with Crippen LogP contribution in [0.4, 0.5) is 5.95 Å². The third kappa shape index (κ3) is 3.72. The molecule has 24 heavy (non-hydrogen) atoms. The molecule has 5 heteroatoms. The molecule has 1 aromatic rings. The second-order valence-corrected chi connectivity index (χ2v) is 7.57. The van der Waals surface area contributed by atoms with Gasteiger partial charge < -0.3 is 9.64 Å². The van der Waals surface area contributed by atoms with E-state index in [4.69, 9.17) is 4.74 Å². The number of likely N-dealkylation sites (tertiary alicyclic amines) is 1. The monoisotopic (exact) mass is 330 g/mol. The Balaban J connectivity index is 1.40. The number of ether oxygens (including phenoxy) is 1. The van der Waals surface area contributed by atoms with Crippen molar-refractivity contribution in [3.8, 4) is 0 Å². The summed E-state index contributed by atoms with van der Waals surface area (Å²) in [6.45, 7) is 6.33. The van der Waals surface area contributed by atoms with Crippen LogP contribution in [0.25, 0.3) is 0 Å². The van der Waals surface area contributed by atoms with Crippen molar-refractivity contribution in [2.24, 2.45) is 5.92 Å². The van der Waals surface area contributed by atoms with E-state index < -0.39 is 0 Å². The number of piperidine rings is 1. The molecule has 1 atom stereocenters. The van der Waals surface area contributed by atoms with Gasteiger partial charge in [0.2, 0.25) is 5.95 Å². The van der Waals surface area contributed by atoms with E-state index >= 15 is 0 Å². The second kappa shape index (κ2) is 7.79. The highest BCUT2D eigenvalue weighted by Gasteiger charge is 2.31. The van der Waals surface area contributed by atoms with Crippen molar-refractivity contribution in [3.63, 3.8) is 0 Å². The van der Waals surface area contributed by atoms with Crippen LogP contribution in [-0.2, 0) is 11.3 Å². The molecule has 3 fully saturated rings. The van der Waals surface area contributed by atoms with E-state index in [9.17, 15) is 0 Å². The fraction of sp³-hybridized carbons (Fsp3) is 0.789. The largest absolute Gasteiger partial charge is 0.381 e. The Hall–Kier alpha value is -1.20. The molecule has 1 unspecified atom stereocenters. The highest BCUT2D eigenvalue weighted by atomic mass is 16.5. The van der Waals surface area contributed by atoms with Gasteiger partial charge in [0.05, 0.1) is 0 Å². The summed E-state index contributed by atoms with van der Waals surface area (Å²) in [7, 11) is 0. The van der Waals surface area contributed by atoms with E-state index in [2.05, 4.69) is 32.2 Å². The molecule has 0 radical (unpaired) electrons. The number of hydrogen-bond donors (Lipinski definition) is 0. The molecule has 3 saturated heterocycles. The summed E-state index contributed by atoms with van der Waals surface area (Å²) in [4.78, 5) is 14.3. The van der Waals surface area contributed by atoms with E-state index in [-0.39, 0.29) is 0 Å². The molecule has 0 bridgehead atoms. The highest BCUT2D eigenvalue weighted by Crippen LogP contribution is 2.30. The molecule has 4 heterocycles. The number of anilines is 1. The van der Waals surface area contributed by atoms with Gasteiger partial charge in [0.25, 0.3) is 0 Å². The van der Waals surface area contributed by atoms with Crippen LogP contribution in [0.2, 0.25) is 0 Å². The Morgan fingerprint density at radius 1 is 0.917 bits per heavy atom. The van der Waals surface area contributed by atoms with E-state index in [0.29, 0.717) is 0 Å². The maximum absolute atomic E-state index is 5.56. The van der Waals surface area contributed by atoms with Crippen molar-refractivity contribution in [1.29, 1.82) is 0 Å². The first-order valence-corrected chi connectivity index (χ1v) is 9.78. The van der Waals surface area contributed by atoms with E-state index in [1.54, 1.807) is 0 Å². The number of nitrogens with zero attached hydrogens (tertiary/aromatic N) is 4. The Bertz CT molecular complexity index is 509. The summed E-state index contributed by atoms with van der Waals surface area (Å²) in [6.07, 6.45) is 13.1. The molecule has 5 nitrogen and oxygen atoms in total. The molecule has 0 amide bonds. The first-order chi connectivity index (χ1) is 11.9. The van der Waals surface area contributed by atoms with E-state index in [1.807, 2.05) is 0 Å². The predicted molar refractivity (Wildman–Crippen MR) is 95.1 cm³/mol. The maximum atomic E-state index is 5.56. The number of hydrogen-bond acceptors (Lipinski definition) is 5. The molecule has 0 saturated carbocycles. The molecular weight excluding hydrogens is 300 g/mol. The van der Waals surface area contributed by atoms with Crippen molar-refractivity contribution < 1.29 is 4.74 Å². The molecule has 0 aliphatic carbocycles. The molecule has 1 aromatic heterocycles. The summed E-state index contributed by atoms with van der Waals surface area (Å²) in [5.74, 6) is 1.72. The van der Waals surface area contributed by atoms with E-state index in [0.717, 1.165) is 50.8 Å². The standard InChI is InChI=1S/C19H30N4O/c1-2-10-23(18(5-1)17-6-11-24-12-7-17)15-16-13-20-19(21-14-16)22-8-3-4-9-22/h13-14,17-18H,1-12,15H2. The molecule has 0 aromatic carbocycles. The van der Waals surface area contributed by atoms with Crippen LogP contribution in [0.5, 0.6) is 0 Å². The summed E-state index contributed by atoms with van der Waals surface area (Å²) < 4.78 is 5.56. The minimum Gasteiger partial charge on any atom is -0.381 e. The van der Waals surface area contributed by atoms with Gasteiger partial charge in [-0.2, -0.15) is 0 Å². The van der Waals surface area contributed by atoms with Gasteiger partial charge >= 0.3 is 0 Å². The van der Waals surface area contributed by atoms with Crippen molar-refractivity contribution in [2.45, 2.75) is 57.5 Å². The smallest absolute Gasteiger partial charge is 0.225 e. The minimum absolute atomic E-state index is 0.723. The fourth-order valence-electron chi connectivity index (χ4n) is 4.59. The van der Waals surface area contributed by atoms with Crippen LogP contribution in [0.3, 0.4) is 0 Å². The first-order valence-electron chi connectivity index (χ1n) is 9.78. The Morgan fingerprint density at radius 2 is 1.62 bits per heavy atom. The third-order valence-corrected chi connectivity index (χ3v) is 5.94. The average molecular weight is 330 g/mol. The summed E-state index contributed by atoms with van der Waals surface area (Å²) in [5, 5.41) is 0. The van der Waals surface area contributed by atoms with Gasteiger partial charge in [-0.05, 0) is 51.0 Å². The van der Waals surface area contributed by atoms with Crippen LogP contribution < -0.4 is 4.90 Å². The molecule has 4 rings (SSSR count). The molecule has 0 spiro atoms. The number of rotatable bonds is 4. The molecule has 3 aliphatic heterocycles. The lowest BCUT2D eigenvalue weighted by atomic mass is 9.85. The van der Waals surface area contributed by atoms with Crippen LogP contribution in [0.1, 0.15) is 50.5 Å². The fourth-order valence-corrected chi connectivity index (χ4v) is 4.59. The normalized spacial score (nSPS) is 26.8. The Kier molecular flexibility index (Phi) is 5.28. The SMILES string of the molecule is c1nc(N2CCCC2)ncc1CN1CCCCC1C1CCOCC1.